The van der Waals surface area contributed by atoms with Crippen molar-refractivity contribution in [2.45, 2.75) is 49.7 Å². The molecule has 124 valence electrons. The zero-order chi connectivity index (χ0) is 16.2. The third kappa shape index (κ3) is 1.25. The highest BCUT2D eigenvalue weighted by Gasteiger charge is 2.85. The summed E-state index contributed by atoms with van der Waals surface area (Å²) < 4.78 is 89.8. The summed E-state index contributed by atoms with van der Waals surface area (Å²) in [5.41, 5.74) is -1.95. The van der Waals surface area contributed by atoms with Crippen LogP contribution < -0.4 is 0 Å². The normalized spacial score (nSPS) is 43.6. The molecule has 0 aromatic carbocycles. The molecule has 0 spiro atoms. The predicted molar refractivity (Wildman–Crippen MR) is 67.2 cm³/mol. The summed E-state index contributed by atoms with van der Waals surface area (Å²) in [4.78, 5) is 0. The maximum absolute atomic E-state index is 14.8. The molecule has 4 rings (SSSR count). The van der Waals surface area contributed by atoms with Gasteiger partial charge in [-0.1, -0.05) is 11.6 Å². The van der Waals surface area contributed by atoms with E-state index in [2.05, 4.69) is 0 Å². The van der Waals surface area contributed by atoms with Crippen LogP contribution in [0.25, 0.3) is 0 Å². The molecule has 0 aromatic rings. The van der Waals surface area contributed by atoms with Gasteiger partial charge in [-0.05, 0) is 55.8 Å². The Labute approximate surface area is 125 Å². The minimum Gasteiger partial charge on any atom is -0.743 e. The Bertz CT molecular complexity index is 686. The number of allylic oxidation sites excluding steroid dienone is 2. The van der Waals surface area contributed by atoms with E-state index in [-0.39, 0.29) is 24.7 Å². The van der Waals surface area contributed by atoms with Gasteiger partial charge in [0.1, 0.15) is 0 Å². The molecule has 0 radical (unpaired) electrons. The smallest absolute Gasteiger partial charge is 0.396 e. The van der Waals surface area contributed by atoms with Crippen LogP contribution in [0.3, 0.4) is 0 Å². The lowest BCUT2D eigenvalue weighted by Gasteiger charge is -2.63. The van der Waals surface area contributed by atoms with Gasteiger partial charge in [-0.15, -0.1) is 0 Å². The molecule has 0 saturated heterocycles. The van der Waals surface area contributed by atoms with Gasteiger partial charge in [0, 0.05) is 5.41 Å². The first-order chi connectivity index (χ1) is 10.0. The molecular weight excluding hydrogens is 324 g/mol. The Morgan fingerprint density at radius 3 is 2.50 bits per heavy atom. The minimum atomic E-state index is -6.42. The average molecular weight is 339 g/mol. The van der Waals surface area contributed by atoms with Crippen LogP contribution in [0, 0.1) is 22.7 Å². The van der Waals surface area contributed by atoms with E-state index < -0.39 is 32.1 Å². The quantitative estimate of drug-likeness (QED) is 0.450. The first kappa shape index (κ1) is 14.9. The van der Waals surface area contributed by atoms with Crippen LogP contribution in [-0.4, -0.2) is 24.1 Å². The van der Waals surface area contributed by atoms with E-state index in [0.29, 0.717) is 25.7 Å². The van der Waals surface area contributed by atoms with Crippen LogP contribution in [0.1, 0.15) is 38.5 Å². The van der Waals surface area contributed by atoms with Crippen LogP contribution in [0.5, 0.6) is 0 Å². The molecule has 4 aliphatic carbocycles. The zero-order valence-electron chi connectivity index (χ0n) is 11.6. The Morgan fingerprint density at radius 2 is 1.91 bits per heavy atom. The summed E-state index contributed by atoms with van der Waals surface area (Å²) in [7, 11) is -6.42. The zero-order valence-corrected chi connectivity index (χ0v) is 12.4. The summed E-state index contributed by atoms with van der Waals surface area (Å²) in [6.45, 7) is 0. The summed E-state index contributed by atoms with van der Waals surface area (Å²) in [5, 5.41) is -5.56. The van der Waals surface area contributed by atoms with Crippen LogP contribution >= 0.6 is 0 Å². The maximum Gasteiger partial charge on any atom is 0.396 e. The molecule has 3 saturated carbocycles. The number of fused-ring (bicyclic) bond motifs is 2. The molecule has 8 heteroatoms. The van der Waals surface area contributed by atoms with Crippen molar-refractivity contribution < 1.29 is 30.5 Å². The largest absolute Gasteiger partial charge is 0.743 e. The summed E-state index contributed by atoms with van der Waals surface area (Å²) in [5.74, 6) is -5.03. The van der Waals surface area contributed by atoms with E-state index in [1.165, 1.54) is 0 Å². The van der Waals surface area contributed by atoms with E-state index in [9.17, 15) is 30.5 Å². The van der Waals surface area contributed by atoms with Crippen molar-refractivity contribution in [1.82, 2.24) is 0 Å². The second-order valence-corrected chi connectivity index (χ2v) is 8.68. The van der Waals surface area contributed by atoms with Crippen molar-refractivity contribution >= 4 is 10.1 Å². The van der Waals surface area contributed by atoms with Gasteiger partial charge >= 0.3 is 11.2 Å². The minimum absolute atomic E-state index is 0.0867. The Morgan fingerprint density at radius 1 is 1.23 bits per heavy atom. The van der Waals surface area contributed by atoms with E-state index in [1.54, 1.807) is 0 Å². The highest BCUT2D eigenvalue weighted by molar-refractivity contribution is 7.86. The average Bonchev–Trinajstić information content (AvgIpc) is 2.91. The van der Waals surface area contributed by atoms with E-state index >= 15 is 0 Å². The number of hydrogen-bond donors (Lipinski definition) is 0. The van der Waals surface area contributed by atoms with Crippen molar-refractivity contribution in [2.24, 2.45) is 22.7 Å². The van der Waals surface area contributed by atoms with Crippen LogP contribution in [0.15, 0.2) is 11.6 Å². The Hall–Kier alpha value is -0.630. The molecule has 3 nitrogen and oxygen atoms in total. The SMILES string of the molecule is O=S(=O)([O-])C(F)(F)C(F)(F)C12CCC(C1)C1C3=CCCC12C3. The van der Waals surface area contributed by atoms with Crippen molar-refractivity contribution in [3.8, 4) is 0 Å². The van der Waals surface area contributed by atoms with E-state index in [0.717, 1.165) is 5.57 Å². The molecule has 0 N–H and O–H groups in total. The maximum atomic E-state index is 14.8. The molecule has 4 bridgehead atoms. The van der Waals surface area contributed by atoms with Crippen molar-refractivity contribution in [3.63, 3.8) is 0 Å². The van der Waals surface area contributed by atoms with Crippen LogP contribution in [0.2, 0.25) is 0 Å². The Balaban J connectivity index is 1.87. The molecule has 4 atom stereocenters. The van der Waals surface area contributed by atoms with Gasteiger partial charge in [0.2, 0.25) is 0 Å². The molecule has 22 heavy (non-hydrogen) atoms. The summed E-state index contributed by atoms with van der Waals surface area (Å²) in [6.07, 6.45) is 3.45. The van der Waals surface area contributed by atoms with Gasteiger partial charge in [0.25, 0.3) is 0 Å². The fraction of sp³-hybridized carbons (Fsp3) is 0.857. The van der Waals surface area contributed by atoms with Crippen molar-refractivity contribution in [1.29, 1.82) is 0 Å². The number of halogens is 4. The second kappa shape index (κ2) is 3.71. The molecule has 0 amide bonds. The van der Waals surface area contributed by atoms with E-state index in [1.807, 2.05) is 6.08 Å². The van der Waals surface area contributed by atoms with Crippen molar-refractivity contribution in [2.75, 3.05) is 0 Å². The predicted octanol–water partition coefficient (Wildman–Crippen LogP) is 3.29. The first-order valence-corrected chi connectivity index (χ1v) is 8.81. The van der Waals surface area contributed by atoms with Gasteiger partial charge in [-0.3, -0.25) is 0 Å². The number of rotatable bonds is 3. The number of hydrogen-bond acceptors (Lipinski definition) is 3. The Kier molecular flexibility index (Phi) is 2.52. The number of alkyl halides is 4. The molecule has 0 heterocycles. The third-order valence-electron chi connectivity index (χ3n) is 6.77. The summed E-state index contributed by atoms with van der Waals surface area (Å²) in [6, 6.07) is 0. The molecule has 0 aromatic heterocycles. The van der Waals surface area contributed by atoms with Gasteiger partial charge in [0.05, 0.1) is 0 Å². The molecule has 4 aliphatic rings. The first-order valence-electron chi connectivity index (χ1n) is 7.40. The van der Waals surface area contributed by atoms with Gasteiger partial charge < -0.3 is 4.55 Å². The highest BCUT2D eigenvalue weighted by atomic mass is 32.2. The second-order valence-electron chi connectivity index (χ2n) is 7.26. The van der Waals surface area contributed by atoms with Gasteiger partial charge in [-0.2, -0.15) is 17.6 Å². The van der Waals surface area contributed by atoms with Gasteiger partial charge in [-0.25, -0.2) is 8.42 Å². The molecule has 3 fully saturated rings. The molecule has 4 unspecified atom stereocenters. The van der Waals surface area contributed by atoms with Crippen LogP contribution in [0.4, 0.5) is 17.6 Å². The lowest BCUT2D eigenvalue weighted by atomic mass is 9.41. The lowest BCUT2D eigenvalue weighted by Crippen LogP contribution is -2.66. The van der Waals surface area contributed by atoms with Crippen molar-refractivity contribution in [3.05, 3.63) is 11.6 Å². The lowest BCUT2D eigenvalue weighted by molar-refractivity contribution is -0.274. The fourth-order valence-electron chi connectivity index (χ4n) is 6.08. The van der Waals surface area contributed by atoms with Crippen LogP contribution in [-0.2, 0) is 10.1 Å². The topological polar surface area (TPSA) is 57.2 Å². The molecular formula is C14H15F4O3S-. The fourth-order valence-corrected chi connectivity index (χ4v) is 6.59. The third-order valence-corrected chi connectivity index (χ3v) is 7.65. The summed E-state index contributed by atoms with van der Waals surface area (Å²) >= 11 is 0. The monoisotopic (exact) mass is 339 g/mol. The standard InChI is InChI=1S/C14H16F4O3S/c15-13(16,14(17,18)22(19,20)21)12-5-3-9(7-12)10-8-2-1-4-11(10,12)6-8/h2,9-10H,1,3-7H2,(H,19,20,21)/p-1. The van der Waals surface area contributed by atoms with Gasteiger partial charge in [0.15, 0.2) is 10.1 Å². The highest BCUT2D eigenvalue weighted by Crippen LogP contribution is 2.83. The van der Waals surface area contributed by atoms with E-state index in [4.69, 9.17) is 0 Å². The molecule has 0 aliphatic heterocycles.